The summed E-state index contributed by atoms with van der Waals surface area (Å²) in [6, 6.07) is 0.449. The number of H-pyrrole nitrogens is 1. The van der Waals surface area contributed by atoms with Crippen molar-refractivity contribution in [2.45, 2.75) is 71.6 Å². The Labute approximate surface area is 216 Å². The van der Waals surface area contributed by atoms with E-state index < -0.39 is 5.54 Å². The van der Waals surface area contributed by atoms with E-state index in [2.05, 4.69) is 39.2 Å². The molecule has 2 fully saturated rings. The van der Waals surface area contributed by atoms with Crippen LogP contribution in [0.1, 0.15) is 67.3 Å². The summed E-state index contributed by atoms with van der Waals surface area (Å²) < 4.78 is 5.53. The molecule has 0 unspecified atom stereocenters. The molecular formula is C25H37N7O3S. The van der Waals surface area contributed by atoms with Crippen molar-refractivity contribution in [1.82, 2.24) is 29.9 Å². The second-order valence-electron chi connectivity index (χ2n) is 10.9. The van der Waals surface area contributed by atoms with Gasteiger partial charge in [0.1, 0.15) is 5.69 Å². The Bertz CT molecular complexity index is 1120. The van der Waals surface area contributed by atoms with Gasteiger partial charge in [-0.15, -0.1) is 11.3 Å². The van der Waals surface area contributed by atoms with Crippen molar-refractivity contribution in [2.24, 2.45) is 5.92 Å². The number of fused-ring (bicyclic) bond motifs is 1. The lowest BCUT2D eigenvalue weighted by atomic mass is 9.97. The average molecular weight is 516 g/mol. The Morgan fingerprint density at radius 2 is 1.97 bits per heavy atom. The zero-order chi connectivity index (χ0) is 25.6. The van der Waals surface area contributed by atoms with Crippen LogP contribution in [-0.4, -0.2) is 86.8 Å². The van der Waals surface area contributed by atoms with Crippen LogP contribution in [0.5, 0.6) is 0 Å². The van der Waals surface area contributed by atoms with Crippen LogP contribution in [0.15, 0.2) is 5.38 Å². The summed E-state index contributed by atoms with van der Waals surface area (Å²) in [6.45, 7) is 15.1. The van der Waals surface area contributed by atoms with E-state index in [-0.39, 0.29) is 18.0 Å². The van der Waals surface area contributed by atoms with Crippen molar-refractivity contribution in [3.05, 3.63) is 27.3 Å². The van der Waals surface area contributed by atoms with Crippen LogP contribution in [0.25, 0.3) is 0 Å². The number of nitrogens with one attached hydrogen (secondary N) is 2. The molecule has 36 heavy (non-hydrogen) atoms. The SMILES string of the molecule is Cc1nc(C(=O)Nc2n[nH]c3c2CN(C(=O)N2C[C@@H](C)N(CC4CCOCC4)C[C@@H]2C)C3(C)C)cs1. The number of anilines is 1. The highest BCUT2D eigenvalue weighted by Crippen LogP contribution is 2.41. The number of ether oxygens (including phenoxy) is 1. The third-order valence-corrected chi connectivity index (χ3v) is 8.75. The molecule has 3 aliphatic rings. The van der Waals surface area contributed by atoms with Gasteiger partial charge in [0, 0.05) is 55.9 Å². The predicted octanol–water partition coefficient (Wildman–Crippen LogP) is 3.42. The summed E-state index contributed by atoms with van der Waals surface area (Å²) in [5.74, 6) is 0.846. The van der Waals surface area contributed by atoms with Gasteiger partial charge in [0.05, 0.1) is 22.8 Å². The van der Waals surface area contributed by atoms with Crippen LogP contribution < -0.4 is 5.32 Å². The molecule has 2 saturated heterocycles. The first-order valence-electron chi connectivity index (χ1n) is 12.9. The van der Waals surface area contributed by atoms with Crippen molar-refractivity contribution in [2.75, 3.05) is 38.2 Å². The van der Waals surface area contributed by atoms with E-state index in [1.165, 1.54) is 11.3 Å². The molecule has 0 aliphatic carbocycles. The van der Waals surface area contributed by atoms with Crippen molar-refractivity contribution in [3.8, 4) is 0 Å². The van der Waals surface area contributed by atoms with Gasteiger partial charge in [-0.1, -0.05) is 0 Å². The standard InChI is InChI=1S/C25H37N7O3S/c1-15-11-31(16(2)10-30(15)12-18-6-8-35-9-7-18)24(34)32-13-19-21(25(32,4)5)28-29-22(19)27-23(33)20-14-36-17(3)26-20/h14-16,18H,6-13H2,1-5H3,(H2,27,28,29,33)/t15-,16+/m1/s1. The number of aromatic nitrogens is 3. The van der Waals surface area contributed by atoms with Crippen LogP contribution in [0.4, 0.5) is 10.6 Å². The predicted molar refractivity (Wildman–Crippen MR) is 138 cm³/mol. The smallest absolute Gasteiger partial charge is 0.321 e. The van der Waals surface area contributed by atoms with Crippen molar-refractivity contribution in [3.63, 3.8) is 0 Å². The maximum Gasteiger partial charge on any atom is 0.321 e. The molecular weight excluding hydrogens is 478 g/mol. The van der Waals surface area contributed by atoms with E-state index in [0.717, 1.165) is 55.4 Å². The zero-order valence-corrected chi connectivity index (χ0v) is 22.7. The fourth-order valence-electron chi connectivity index (χ4n) is 5.70. The number of hydrogen-bond acceptors (Lipinski definition) is 7. The lowest BCUT2D eigenvalue weighted by Gasteiger charge is -2.47. The molecule has 2 aromatic rings. The molecule has 3 amide bonds. The summed E-state index contributed by atoms with van der Waals surface area (Å²) in [5, 5.41) is 12.9. The van der Waals surface area contributed by atoms with E-state index in [4.69, 9.17) is 4.74 Å². The molecule has 0 radical (unpaired) electrons. The number of aromatic amines is 1. The number of piperazine rings is 1. The number of rotatable bonds is 4. The molecule has 196 valence electrons. The zero-order valence-electron chi connectivity index (χ0n) is 21.8. The minimum atomic E-state index is -0.568. The van der Waals surface area contributed by atoms with Crippen LogP contribution in [-0.2, 0) is 16.8 Å². The molecule has 10 nitrogen and oxygen atoms in total. The van der Waals surface area contributed by atoms with Gasteiger partial charge in [0.2, 0.25) is 0 Å². The molecule has 0 saturated carbocycles. The first kappa shape index (κ1) is 25.2. The third-order valence-electron chi connectivity index (χ3n) is 7.98. The highest BCUT2D eigenvalue weighted by molar-refractivity contribution is 7.09. The Hall–Kier alpha value is -2.50. The van der Waals surface area contributed by atoms with Gasteiger partial charge in [-0.25, -0.2) is 9.78 Å². The maximum atomic E-state index is 13.9. The molecule has 5 rings (SSSR count). The van der Waals surface area contributed by atoms with Gasteiger partial charge in [0.25, 0.3) is 5.91 Å². The second-order valence-corrected chi connectivity index (χ2v) is 12.0. The fraction of sp³-hybridized carbons (Fsp3) is 0.680. The number of nitrogens with zero attached hydrogens (tertiary/aromatic N) is 5. The largest absolute Gasteiger partial charge is 0.381 e. The van der Waals surface area contributed by atoms with Crippen molar-refractivity contribution in [1.29, 1.82) is 0 Å². The molecule has 5 heterocycles. The number of hydrogen-bond donors (Lipinski definition) is 2. The van der Waals surface area contributed by atoms with E-state index in [9.17, 15) is 9.59 Å². The lowest BCUT2D eigenvalue weighted by molar-refractivity contribution is 0.00882. The Kier molecular flexibility index (Phi) is 6.82. The Morgan fingerprint density at radius 3 is 2.67 bits per heavy atom. The summed E-state index contributed by atoms with van der Waals surface area (Å²) in [5.41, 5.74) is 1.52. The second kappa shape index (κ2) is 9.75. The summed E-state index contributed by atoms with van der Waals surface area (Å²) in [4.78, 5) is 37.3. The molecule has 2 aromatic heterocycles. The first-order valence-corrected chi connectivity index (χ1v) is 13.7. The summed E-state index contributed by atoms with van der Waals surface area (Å²) in [7, 11) is 0. The summed E-state index contributed by atoms with van der Waals surface area (Å²) in [6.07, 6.45) is 2.24. The van der Waals surface area contributed by atoms with E-state index >= 15 is 0 Å². The number of amides is 3. The molecule has 11 heteroatoms. The molecule has 0 aromatic carbocycles. The number of urea groups is 1. The molecule has 0 bridgehead atoms. The minimum Gasteiger partial charge on any atom is -0.381 e. The van der Waals surface area contributed by atoms with Gasteiger partial charge in [-0.2, -0.15) is 5.10 Å². The minimum absolute atomic E-state index is 0.0297. The molecule has 2 N–H and O–H groups in total. The highest BCUT2D eigenvalue weighted by Gasteiger charge is 2.47. The maximum absolute atomic E-state index is 13.9. The normalized spacial score (nSPS) is 24.7. The average Bonchev–Trinajstić information content (AvgIpc) is 3.52. The summed E-state index contributed by atoms with van der Waals surface area (Å²) >= 11 is 1.43. The third kappa shape index (κ3) is 4.64. The number of carbonyl (C=O) groups is 2. The van der Waals surface area contributed by atoms with Gasteiger partial charge < -0.3 is 19.9 Å². The highest BCUT2D eigenvalue weighted by atomic mass is 32.1. The van der Waals surface area contributed by atoms with Crippen LogP contribution in [0, 0.1) is 12.8 Å². The van der Waals surface area contributed by atoms with Gasteiger partial charge in [0.15, 0.2) is 5.82 Å². The van der Waals surface area contributed by atoms with Gasteiger partial charge in [-0.05, 0) is 53.4 Å². The quantitative estimate of drug-likeness (QED) is 0.646. The molecule has 2 atom stereocenters. The van der Waals surface area contributed by atoms with Crippen LogP contribution >= 0.6 is 11.3 Å². The fourth-order valence-corrected chi connectivity index (χ4v) is 6.29. The topological polar surface area (TPSA) is 107 Å². The molecule has 3 aliphatic heterocycles. The number of carbonyl (C=O) groups excluding carboxylic acids is 2. The van der Waals surface area contributed by atoms with Crippen LogP contribution in [0.2, 0.25) is 0 Å². The Morgan fingerprint density at radius 1 is 1.22 bits per heavy atom. The van der Waals surface area contributed by atoms with E-state index in [1.807, 2.05) is 30.6 Å². The van der Waals surface area contributed by atoms with E-state index in [1.54, 1.807) is 5.38 Å². The van der Waals surface area contributed by atoms with Crippen LogP contribution in [0.3, 0.4) is 0 Å². The lowest BCUT2D eigenvalue weighted by Crippen LogP contribution is -2.62. The first-order chi connectivity index (χ1) is 17.1. The van der Waals surface area contributed by atoms with Gasteiger partial charge >= 0.3 is 6.03 Å². The van der Waals surface area contributed by atoms with Crippen molar-refractivity contribution >= 4 is 29.1 Å². The Balaban J connectivity index is 1.26. The molecule has 0 spiro atoms. The number of thiazole rings is 1. The van der Waals surface area contributed by atoms with Gasteiger partial charge in [-0.3, -0.25) is 14.8 Å². The monoisotopic (exact) mass is 515 g/mol. The number of aryl methyl sites for hydroxylation is 1. The van der Waals surface area contributed by atoms with Crippen molar-refractivity contribution < 1.29 is 14.3 Å². The van der Waals surface area contributed by atoms with E-state index in [0.29, 0.717) is 36.6 Å².